The maximum atomic E-state index is 12.0. The minimum Gasteiger partial charge on any atom is -0.347 e. The maximum absolute atomic E-state index is 12.0. The lowest BCUT2D eigenvalue weighted by atomic mass is 10.2. The lowest BCUT2D eigenvalue weighted by Crippen LogP contribution is -2.36. The molecular weight excluding hydrogens is 353 g/mol. The Morgan fingerprint density at radius 2 is 2.09 bits per heavy atom. The molecular formula is C16H25Cl2N3OS. The number of aryl methyl sites for hydroxylation is 1. The van der Waals surface area contributed by atoms with Crippen LogP contribution >= 0.6 is 36.6 Å². The van der Waals surface area contributed by atoms with Crippen molar-refractivity contribution in [2.45, 2.75) is 32.4 Å². The van der Waals surface area contributed by atoms with Crippen LogP contribution < -0.4 is 11.1 Å². The molecule has 0 spiro atoms. The highest BCUT2D eigenvalue weighted by Crippen LogP contribution is 2.21. The van der Waals surface area contributed by atoms with Crippen LogP contribution in [0.5, 0.6) is 0 Å². The summed E-state index contributed by atoms with van der Waals surface area (Å²) in [4.78, 5) is 12.0. The van der Waals surface area contributed by atoms with Crippen molar-refractivity contribution in [3.63, 3.8) is 0 Å². The number of anilines is 1. The summed E-state index contributed by atoms with van der Waals surface area (Å²) in [7, 11) is 0. The molecule has 4 nitrogen and oxygen atoms in total. The van der Waals surface area contributed by atoms with Gasteiger partial charge in [-0.15, -0.1) is 24.8 Å². The highest BCUT2D eigenvalue weighted by molar-refractivity contribution is 7.98. The van der Waals surface area contributed by atoms with Gasteiger partial charge in [-0.2, -0.15) is 11.8 Å². The number of nitrogens with zero attached hydrogens (tertiary/aromatic N) is 1. The van der Waals surface area contributed by atoms with Crippen molar-refractivity contribution in [2.75, 3.05) is 17.3 Å². The van der Waals surface area contributed by atoms with E-state index in [1.54, 1.807) is 11.8 Å². The first-order valence-electron chi connectivity index (χ1n) is 7.30. The molecule has 0 bridgehead atoms. The Morgan fingerprint density at radius 1 is 1.35 bits per heavy atom. The second kappa shape index (κ2) is 10.8. The normalized spacial score (nSPS) is 11.4. The molecule has 1 aromatic carbocycles. The number of carbonyl (C=O) groups excluding carboxylic acids is 1. The molecule has 0 aliphatic carbocycles. The van der Waals surface area contributed by atoms with E-state index < -0.39 is 6.04 Å². The summed E-state index contributed by atoms with van der Waals surface area (Å²) in [6.45, 7) is 3.17. The summed E-state index contributed by atoms with van der Waals surface area (Å²) in [5, 5.41) is 4.04. The molecule has 0 fully saturated rings. The Kier molecular flexibility index (Phi) is 10.4. The van der Waals surface area contributed by atoms with E-state index in [2.05, 4.69) is 29.1 Å². The molecule has 1 atom stereocenters. The number of hydrogen-bond donors (Lipinski definition) is 2. The average Bonchev–Trinajstić information content (AvgIpc) is 2.87. The molecule has 0 aliphatic heterocycles. The summed E-state index contributed by atoms with van der Waals surface area (Å²) < 4.78 is 2.23. The summed E-state index contributed by atoms with van der Waals surface area (Å²) in [5.41, 5.74) is 7.88. The van der Waals surface area contributed by atoms with E-state index in [1.807, 2.05) is 24.5 Å². The fraction of sp³-hybridized carbons (Fsp3) is 0.438. The van der Waals surface area contributed by atoms with Gasteiger partial charge in [-0.3, -0.25) is 4.79 Å². The predicted molar refractivity (Wildman–Crippen MR) is 106 cm³/mol. The predicted octanol–water partition coefficient (Wildman–Crippen LogP) is 3.91. The number of nitrogens with one attached hydrogen (secondary N) is 1. The Labute approximate surface area is 154 Å². The SMILES string of the molecule is CCCn1ccc2cc(NC(=O)[C@@H](N)CCSC)ccc21.Cl.Cl. The smallest absolute Gasteiger partial charge is 0.241 e. The van der Waals surface area contributed by atoms with Crippen LogP contribution in [0, 0.1) is 0 Å². The number of nitrogens with two attached hydrogens (primary N) is 1. The molecule has 23 heavy (non-hydrogen) atoms. The van der Waals surface area contributed by atoms with Crippen LogP contribution in [-0.4, -0.2) is 28.5 Å². The maximum Gasteiger partial charge on any atom is 0.241 e. The second-order valence-electron chi connectivity index (χ2n) is 5.16. The molecule has 0 saturated heterocycles. The van der Waals surface area contributed by atoms with Gasteiger partial charge in [-0.1, -0.05) is 6.92 Å². The number of carbonyl (C=O) groups is 1. The molecule has 0 radical (unpaired) electrons. The molecule has 0 aliphatic rings. The van der Waals surface area contributed by atoms with Crippen molar-refractivity contribution in [1.29, 1.82) is 0 Å². The van der Waals surface area contributed by atoms with Crippen LogP contribution in [-0.2, 0) is 11.3 Å². The van der Waals surface area contributed by atoms with Crippen molar-refractivity contribution in [1.82, 2.24) is 4.57 Å². The zero-order valence-electron chi connectivity index (χ0n) is 13.5. The molecule has 7 heteroatoms. The van der Waals surface area contributed by atoms with Crippen LogP contribution in [0.4, 0.5) is 5.69 Å². The largest absolute Gasteiger partial charge is 0.347 e. The Bertz CT molecular complexity index is 618. The molecule has 3 N–H and O–H groups in total. The topological polar surface area (TPSA) is 60.0 Å². The Balaban J connectivity index is 0.00000242. The third-order valence-electron chi connectivity index (χ3n) is 3.47. The number of thioether (sulfide) groups is 1. The first-order valence-corrected chi connectivity index (χ1v) is 8.69. The minimum absolute atomic E-state index is 0. The first-order chi connectivity index (χ1) is 10.2. The molecule has 1 heterocycles. The molecule has 2 rings (SSSR count). The summed E-state index contributed by atoms with van der Waals surface area (Å²) in [6, 6.07) is 7.62. The van der Waals surface area contributed by atoms with Crippen molar-refractivity contribution < 1.29 is 4.79 Å². The number of rotatable bonds is 7. The molecule has 2 aromatic rings. The second-order valence-corrected chi connectivity index (χ2v) is 6.15. The van der Waals surface area contributed by atoms with Gasteiger partial charge in [0.15, 0.2) is 0 Å². The van der Waals surface area contributed by atoms with Crippen LogP contribution in [0.15, 0.2) is 30.5 Å². The summed E-state index contributed by atoms with van der Waals surface area (Å²) >= 11 is 1.70. The van der Waals surface area contributed by atoms with Gasteiger partial charge in [0.25, 0.3) is 0 Å². The van der Waals surface area contributed by atoms with Crippen LogP contribution in [0.3, 0.4) is 0 Å². The quantitative estimate of drug-likeness (QED) is 0.768. The van der Waals surface area contributed by atoms with Crippen LogP contribution in [0.25, 0.3) is 10.9 Å². The van der Waals surface area contributed by atoms with E-state index in [9.17, 15) is 4.79 Å². The standard InChI is InChI=1S/C16H23N3OS.2ClH/c1-3-8-19-9-6-12-11-13(4-5-15(12)19)18-16(20)14(17)7-10-21-2;;/h4-6,9,11,14H,3,7-8,10,17H2,1-2H3,(H,18,20);2*1H/t14-;;/m0../s1. The van der Waals surface area contributed by atoms with E-state index >= 15 is 0 Å². The van der Waals surface area contributed by atoms with Gasteiger partial charge in [-0.25, -0.2) is 0 Å². The lowest BCUT2D eigenvalue weighted by molar-refractivity contribution is -0.117. The third-order valence-corrected chi connectivity index (χ3v) is 4.12. The van der Waals surface area contributed by atoms with Crippen molar-refractivity contribution in [3.8, 4) is 0 Å². The van der Waals surface area contributed by atoms with E-state index in [4.69, 9.17) is 5.73 Å². The van der Waals surface area contributed by atoms with Crippen LogP contribution in [0.2, 0.25) is 0 Å². The number of hydrogen-bond acceptors (Lipinski definition) is 3. The van der Waals surface area contributed by atoms with Crippen molar-refractivity contribution in [3.05, 3.63) is 30.5 Å². The van der Waals surface area contributed by atoms with Gasteiger partial charge in [-0.05, 0) is 49.1 Å². The molecule has 130 valence electrons. The van der Waals surface area contributed by atoms with Gasteiger partial charge < -0.3 is 15.6 Å². The third kappa shape index (κ3) is 5.92. The zero-order valence-corrected chi connectivity index (χ0v) is 15.9. The van der Waals surface area contributed by atoms with Gasteiger partial charge in [0, 0.05) is 29.3 Å². The minimum atomic E-state index is -0.446. The average molecular weight is 378 g/mol. The van der Waals surface area contributed by atoms with Gasteiger partial charge in [0.05, 0.1) is 6.04 Å². The highest BCUT2D eigenvalue weighted by atomic mass is 35.5. The zero-order chi connectivity index (χ0) is 15.2. The summed E-state index contributed by atoms with van der Waals surface area (Å²) in [5.74, 6) is 0.782. The van der Waals surface area contributed by atoms with Crippen molar-refractivity contribution in [2.24, 2.45) is 5.73 Å². The lowest BCUT2D eigenvalue weighted by Gasteiger charge is -2.12. The molecule has 0 saturated carbocycles. The number of aromatic nitrogens is 1. The summed E-state index contributed by atoms with van der Waals surface area (Å²) in [6.07, 6.45) is 5.90. The number of fused-ring (bicyclic) bond motifs is 1. The van der Waals surface area contributed by atoms with Crippen molar-refractivity contribution >= 4 is 59.1 Å². The van der Waals surface area contributed by atoms with E-state index in [0.29, 0.717) is 6.42 Å². The van der Waals surface area contributed by atoms with Gasteiger partial charge >= 0.3 is 0 Å². The van der Waals surface area contributed by atoms with E-state index in [-0.39, 0.29) is 30.7 Å². The Hall–Kier alpha value is -0.880. The van der Waals surface area contributed by atoms with E-state index in [0.717, 1.165) is 29.8 Å². The molecule has 1 aromatic heterocycles. The van der Waals surface area contributed by atoms with Gasteiger partial charge in [0.2, 0.25) is 5.91 Å². The van der Waals surface area contributed by atoms with Crippen LogP contribution in [0.1, 0.15) is 19.8 Å². The molecule has 0 unspecified atom stereocenters. The number of benzene rings is 1. The number of amides is 1. The van der Waals surface area contributed by atoms with Gasteiger partial charge in [0.1, 0.15) is 0 Å². The van der Waals surface area contributed by atoms with E-state index in [1.165, 1.54) is 5.52 Å². The fourth-order valence-electron chi connectivity index (χ4n) is 2.32. The Morgan fingerprint density at radius 3 is 2.74 bits per heavy atom. The fourth-order valence-corrected chi connectivity index (χ4v) is 2.81. The monoisotopic (exact) mass is 377 g/mol. The number of halogens is 2. The highest BCUT2D eigenvalue weighted by Gasteiger charge is 2.13. The first kappa shape index (κ1) is 22.1. The molecule has 1 amide bonds.